The third-order valence-corrected chi connectivity index (χ3v) is 6.53. The van der Waals surface area contributed by atoms with Crippen LogP contribution in [0.25, 0.3) is 10.2 Å². The predicted molar refractivity (Wildman–Crippen MR) is 130 cm³/mol. The summed E-state index contributed by atoms with van der Waals surface area (Å²) in [6.45, 7) is -0.271. The second kappa shape index (κ2) is 11.3. The van der Waals surface area contributed by atoms with E-state index in [1.54, 1.807) is 30.8 Å². The van der Waals surface area contributed by atoms with Crippen LogP contribution in [0.5, 0.6) is 5.88 Å². The summed E-state index contributed by atoms with van der Waals surface area (Å²) in [6.07, 6.45) is 2.59. The highest BCUT2D eigenvalue weighted by molar-refractivity contribution is 7.19. The molecule has 0 radical (unpaired) electrons. The van der Waals surface area contributed by atoms with E-state index in [4.69, 9.17) is 15.9 Å². The average molecular weight is 510 g/mol. The number of fused-ring (bicyclic) bond motifs is 3. The van der Waals surface area contributed by atoms with Gasteiger partial charge in [-0.1, -0.05) is 0 Å². The quantitative estimate of drug-likeness (QED) is 0.319. The molecule has 0 saturated heterocycles. The van der Waals surface area contributed by atoms with E-state index in [-0.39, 0.29) is 12.4 Å². The molecule has 0 unspecified atom stereocenters. The van der Waals surface area contributed by atoms with E-state index in [0.29, 0.717) is 23.5 Å². The third-order valence-electron chi connectivity index (χ3n) is 5.33. The molecule has 0 spiro atoms. The Kier molecular flexibility index (Phi) is 8.43. The fraction of sp³-hybridized carbons (Fsp3) is 0.409. The second-order valence-corrected chi connectivity index (χ2v) is 8.94. The summed E-state index contributed by atoms with van der Waals surface area (Å²) in [4.78, 5) is 26.2. The van der Waals surface area contributed by atoms with Gasteiger partial charge < -0.3 is 26.1 Å². The Hall–Kier alpha value is -3.48. The highest BCUT2D eigenvalue weighted by Crippen LogP contribution is 2.39. The van der Waals surface area contributed by atoms with Gasteiger partial charge in [-0.15, -0.1) is 11.3 Å². The number of hydrogen-bond donors (Lipinski definition) is 3. The summed E-state index contributed by atoms with van der Waals surface area (Å²) in [5.41, 5.74) is 8.35. The number of halogens is 3. The summed E-state index contributed by atoms with van der Waals surface area (Å²) in [5.74, 6) is 1.38. The van der Waals surface area contributed by atoms with Crippen molar-refractivity contribution in [1.29, 1.82) is 5.41 Å². The van der Waals surface area contributed by atoms with Crippen LogP contribution in [0.3, 0.4) is 0 Å². The van der Waals surface area contributed by atoms with Crippen LogP contribution in [-0.2, 0) is 17.6 Å². The molecule has 3 aromatic rings. The van der Waals surface area contributed by atoms with Gasteiger partial charge in [-0.3, -0.25) is 4.79 Å². The lowest BCUT2D eigenvalue weighted by Crippen LogP contribution is -2.22. The number of ether oxygens (including phenoxy) is 1. The van der Waals surface area contributed by atoms with E-state index >= 15 is 0 Å². The Bertz CT molecular complexity index is 1200. The van der Waals surface area contributed by atoms with Crippen molar-refractivity contribution in [1.82, 2.24) is 19.9 Å². The molecule has 0 aliphatic heterocycles. The zero-order valence-electron chi connectivity index (χ0n) is 19.3. The Morgan fingerprint density at radius 1 is 1.31 bits per heavy atom. The summed E-state index contributed by atoms with van der Waals surface area (Å²) < 4.78 is 39.6. The number of nitrogen functional groups attached to an aromatic ring is 1. The molecular formula is C22H26F3N7O2S. The van der Waals surface area contributed by atoms with E-state index in [1.807, 2.05) is 0 Å². The third kappa shape index (κ3) is 6.56. The second-order valence-electron chi connectivity index (χ2n) is 7.85. The zero-order chi connectivity index (χ0) is 25.6. The van der Waals surface area contributed by atoms with E-state index in [1.165, 1.54) is 36.5 Å². The lowest BCUT2D eigenvalue weighted by Gasteiger charge is -2.14. The number of carbonyl (C=O) groups is 1. The molecule has 188 valence electrons. The number of thiophene rings is 1. The average Bonchev–Trinajstić information content (AvgIpc) is 3.22. The minimum atomic E-state index is -4.17. The topological polar surface area (TPSA) is 130 Å². The smallest absolute Gasteiger partial charge is 0.390 e. The van der Waals surface area contributed by atoms with Crippen molar-refractivity contribution in [3.63, 3.8) is 0 Å². The highest BCUT2D eigenvalue weighted by atomic mass is 32.1. The largest absolute Gasteiger partial charge is 0.479 e. The maximum atomic E-state index is 11.4. The first-order valence-electron chi connectivity index (χ1n) is 10.8. The van der Waals surface area contributed by atoms with Gasteiger partial charge >= 0.3 is 6.18 Å². The molecule has 1 aliphatic carbocycles. The van der Waals surface area contributed by atoms with E-state index < -0.39 is 12.6 Å². The van der Waals surface area contributed by atoms with Gasteiger partial charge in [0.1, 0.15) is 28.5 Å². The van der Waals surface area contributed by atoms with E-state index in [0.717, 1.165) is 33.8 Å². The van der Waals surface area contributed by atoms with Gasteiger partial charge in [-0.25, -0.2) is 9.97 Å². The minimum absolute atomic E-state index is 0.262. The lowest BCUT2D eigenvalue weighted by atomic mass is 9.97. The van der Waals surface area contributed by atoms with E-state index in [2.05, 4.69) is 20.3 Å². The number of nitrogens with zero attached hydrogens (tertiary/aromatic N) is 4. The number of methoxy groups -OCH3 is 1. The van der Waals surface area contributed by atoms with Crippen LogP contribution in [0.1, 0.15) is 35.3 Å². The normalized spacial score (nSPS) is 12.8. The van der Waals surface area contributed by atoms with Crippen LogP contribution < -0.4 is 15.8 Å². The standard InChI is InChI=1S/C17H18N6OS.C5H8F3NO/c1-24-16-11(6-9(7-18)14(19)23-16)22-15-13-10-4-2-3-5-12(10)25-17(13)21-8-20-15;1-9(4-10)3-2-5(6,7)8/h6-8,18H,2-5H2,1H3,(H2,19,23)(H,20,21,22);4H,2-3H2,1H3. The van der Waals surface area contributed by atoms with Crippen molar-refractivity contribution in [3.8, 4) is 5.88 Å². The fourth-order valence-corrected chi connectivity index (χ4v) is 4.78. The first kappa shape index (κ1) is 26.1. The summed E-state index contributed by atoms with van der Waals surface area (Å²) in [6, 6.07) is 1.75. The molecule has 4 N–H and O–H groups in total. The van der Waals surface area contributed by atoms with Gasteiger partial charge in [-0.05, 0) is 37.3 Å². The molecule has 0 bridgehead atoms. The van der Waals surface area contributed by atoms with Gasteiger partial charge in [0.05, 0.1) is 18.9 Å². The molecule has 1 aliphatic rings. The molecule has 4 rings (SSSR count). The zero-order valence-corrected chi connectivity index (χ0v) is 20.1. The SMILES string of the molecule is CN(C=O)CCC(F)(F)F.COc1nc(N)c(C=N)cc1Nc1ncnc2sc3c(c12)CCCC3. The van der Waals surface area contributed by atoms with Crippen molar-refractivity contribution in [2.75, 3.05) is 31.8 Å². The number of nitrogens with one attached hydrogen (secondary N) is 2. The first-order chi connectivity index (χ1) is 16.7. The number of hydrogen-bond acceptors (Lipinski definition) is 9. The fourth-order valence-electron chi connectivity index (χ4n) is 3.55. The molecule has 9 nitrogen and oxygen atoms in total. The molecule has 0 saturated carbocycles. The first-order valence-corrected chi connectivity index (χ1v) is 11.6. The molecule has 1 amide bonds. The van der Waals surface area contributed by atoms with Crippen molar-refractivity contribution in [2.45, 2.75) is 38.3 Å². The van der Waals surface area contributed by atoms with Crippen LogP contribution in [0.2, 0.25) is 0 Å². The molecule has 3 aromatic heterocycles. The number of amides is 1. The Labute approximate surface area is 204 Å². The maximum absolute atomic E-state index is 11.4. The van der Waals surface area contributed by atoms with Gasteiger partial charge in [0, 0.05) is 30.2 Å². The number of carbonyl (C=O) groups excluding carboxylic acids is 1. The molecule has 3 heterocycles. The molecule has 0 aromatic carbocycles. The van der Waals surface area contributed by atoms with E-state index in [9.17, 15) is 18.0 Å². The van der Waals surface area contributed by atoms with Crippen LogP contribution >= 0.6 is 11.3 Å². The lowest BCUT2D eigenvalue weighted by molar-refractivity contribution is -0.139. The number of rotatable bonds is 7. The molecule has 35 heavy (non-hydrogen) atoms. The number of aromatic nitrogens is 3. The number of anilines is 3. The summed E-state index contributed by atoms with van der Waals surface area (Å²) in [5, 5.41) is 11.9. The number of nitrogens with two attached hydrogens (primary N) is 1. The van der Waals surface area contributed by atoms with Gasteiger partial charge in [-0.2, -0.15) is 18.2 Å². The minimum Gasteiger partial charge on any atom is -0.479 e. The van der Waals surface area contributed by atoms with Crippen LogP contribution in [0.4, 0.5) is 30.5 Å². The molecule has 0 atom stereocenters. The van der Waals surface area contributed by atoms with Crippen LogP contribution in [-0.4, -0.2) is 59.4 Å². The van der Waals surface area contributed by atoms with Crippen molar-refractivity contribution < 1.29 is 22.7 Å². The molecular weight excluding hydrogens is 483 g/mol. The number of alkyl halides is 3. The monoisotopic (exact) mass is 509 g/mol. The Morgan fingerprint density at radius 2 is 2.06 bits per heavy atom. The Balaban J connectivity index is 0.000000292. The van der Waals surface area contributed by atoms with Crippen LogP contribution in [0, 0.1) is 5.41 Å². The summed E-state index contributed by atoms with van der Waals surface area (Å²) >= 11 is 1.75. The van der Waals surface area contributed by atoms with Crippen molar-refractivity contribution in [2.24, 2.45) is 0 Å². The maximum Gasteiger partial charge on any atom is 0.390 e. The van der Waals surface area contributed by atoms with Gasteiger partial charge in [0.2, 0.25) is 12.3 Å². The predicted octanol–water partition coefficient (Wildman–Crippen LogP) is 4.32. The highest BCUT2D eigenvalue weighted by Gasteiger charge is 2.26. The van der Waals surface area contributed by atoms with Crippen LogP contribution in [0.15, 0.2) is 12.4 Å². The number of pyridine rings is 1. The molecule has 13 heteroatoms. The van der Waals surface area contributed by atoms with Gasteiger partial charge in [0.25, 0.3) is 0 Å². The van der Waals surface area contributed by atoms with Crippen molar-refractivity contribution in [3.05, 3.63) is 28.4 Å². The van der Waals surface area contributed by atoms with Crippen molar-refractivity contribution >= 4 is 51.5 Å². The number of aryl methyl sites for hydroxylation is 2. The Morgan fingerprint density at radius 3 is 2.71 bits per heavy atom. The molecule has 0 fully saturated rings. The summed E-state index contributed by atoms with van der Waals surface area (Å²) in [7, 11) is 2.85. The van der Waals surface area contributed by atoms with Gasteiger partial charge in [0.15, 0.2) is 0 Å².